The molecule has 1 amide bonds. The third-order valence-corrected chi connectivity index (χ3v) is 8.63. The number of ether oxygens (including phenoxy) is 2. The summed E-state index contributed by atoms with van der Waals surface area (Å²) < 4.78 is 10.9. The number of carbonyl (C=O) groups is 2. The molecule has 2 heterocycles. The number of likely N-dealkylation sites (N-methyl/N-ethyl adjacent to an activating group) is 1. The maximum absolute atomic E-state index is 12.3. The van der Waals surface area contributed by atoms with Gasteiger partial charge in [-0.3, -0.25) is 9.59 Å². The van der Waals surface area contributed by atoms with Crippen molar-refractivity contribution in [1.82, 2.24) is 4.90 Å². The van der Waals surface area contributed by atoms with Gasteiger partial charge in [0.25, 0.3) is 5.91 Å². The van der Waals surface area contributed by atoms with Crippen molar-refractivity contribution in [1.29, 1.82) is 0 Å². The molecule has 7 atom stereocenters. The van der Waals surface area contributed by atoms with E-state index in [2.05, 4.69) is 0 Å². The molecule has 0 aromatic carbocycles. The van der Waals surface area contributed by atoms with Crippen LogP contribution in [0.15, 0.2) is 11.3 Å². The van der Waals surface area contributed by atoms with E-state index in [0.29, 0.717) is 6.61 Å². The van der Waals surface area contributed by atoms with E-state index in [1.807, 2.05) is 6.92 Å². The second-order valence-corrected chi connectivity index (χ2v) is 11.9. The highest BCUT2D eigenvalue weighted by Gasteiger charge is 2.44. The van der Waals surface area contributed by atoms with Crippen LogP contribution in [0.5, 0.6) is 0 Å². The molecule has 10 heteroatoms. The van der Waals surface area contributed by atoms with E-state index in [4.69, 9.17) is 9.47 Å². The maximum Gasteiger partial charge on any atom is 0.261 e. The molecule has 238 valence electrons. The summed E-state index contributed by atoms with van der Waals surface area (Å²) in [6, 6.07) is -0.499. The van der Waals surface area contributed by atoms with Crippen molar-refractivity contribution in [3.8, 4) is 0 Å². The Hall–Kier alpha value is -1.56. The summed E-state index contributed by atoms with van der Waals surface area (Å²) >= 11 is 0. The van der Waals surface area contributed by atoms with Crippen molar-refractivity contribution in [2.24, 2.45) is 5.92 Å². The zero-order valence-electron chi connectivity index (χ0n) is 25.4. The predicted octanol–water partition coefficient (Wildman–Crippen LogP) is 3.53. The summed E-state index contributed by atoms with van der Waals surface area (Å²) in [4.78, 5) is 25.9. The number of aliphatic hydroxyl groups is 5. The summed E-state index contributed by atoms with van der Waals surface area (Å²) in [5.74, 6) is -0.872. The zero-order valence-corrected chi connectivity index (χ0v) is 25.4. The zero-order chi connectivity index (χ0) is 30.4. The monoisotopic (exact) mass is 585 g/mol. The standard InChI is InChI=1S/C31H55NO9/c1-21(25(34)24-26(35)22(2)32(3)30(24)39)18-16-14-12-10-8-6-4-5-7-9-11-13-15-17-19-40-31-29(38)28(37)27(36)23(20-33)41-31/h21-23,27-29,31,33-34,36-38H,4-20H2,1-3H3/b25-24-/t21-,22-,23?,27+,28?,29?,31+/m0/s1. The molecule has 2 fully saturated rings. The molecule has 3 unspecified atom stereocenters. The van der Waals surface area contributed by atoms with E-state index < -0.39 is 43.4 Å². The number of allylic oxidation sites excluding steroid dienone is 1. The van der Waals surface area contributed by atoms with Gasteiger partial charge in [0.05, 0.1) is 12.6 Å². The van der Waals surface area contributed by atoms with Crippen LogP contribution in [0, 0.1) is 5.92 Å². The molecule has 41 heavy (non-hydrogen) atoms. The van der Waals surface area contributed by atoms with Crippen molar-refractivity contribution in [3.63, 3.8) is 0 Å². The number of Topliss-reactive ketones (excluding diaryl/α,β-unsaturated/α-hetero) is 1. The number of unbranched alkanes of at least 4 members (excludes halogenated alkanes) is 13. The highest BCUT2D eigenvalue weighted by molar-refractivity contribution is 6.26. The van der Waals surface area contributed by atoms with E-state index in [1.165, 1.54) is 62.7 Å². The number of likely N-dealkylation sites (tertiary alicyclic amines) is 1. The van der Waals surface area contributed by atoms with Crippen LogP contribution in [0.3, 0.4) is 0 Å². The second-order valence-electron chi connectivity index (χ2n) is 11.9. The molecule has 0 saturated carbocycles. The molecule has 0 spiro atoms. The number of hydrogen-bond donors (Lipinski definition) is 5. The molecule has 0 aliphatic carbocycles. The van der Waals surface area contributed by atoms with Gasteiger partial charge in [0, 0.05) is 19.6 Å². The minimum absolute atomic E-state index is 0.0211. The van der Waals surface area contributed by atoms with Gasteiger partial charge in [-0.05, 0) is 19.8 Å². The third kappa shape index (κ3) is 10.9. The van der Waals surface area contributed by atoms with Crippen LogP contribution in [0.25, 0.3) is 0 Å². The van der Waals surface area contributed by atoms with Crippen LogP contribution in [-0.4, -0.2) is 99.1 Å². The fourth-order valence-corrected chi connectivity index (χ4v) is 5.54. The topological polar surface area (TPSA) is 157 Å². The summed E-state index contributed by atoms with van der Waals surface area (Å²) in [7, 11) is 1.59. The Morgan fingerprint density at radius 2 is 1.32 bits per heavy atom. The van der Waals surface area contributed by atoms with Crippen LogP contribution >= 0.6 is 0 Å². The number of rotatable bonds is 20. The first kappa shape index (κ1) is 35.6. The van der Waals surface area contributed by atoms with E-state index in [-0.39, 0.29) is 28.9 Å². The molecule has 0 aromatic heterocycles. The van der Waals surface area contributed by atoms with E-state index in [1.54, 1.807) is 14.0 Å². The second kappa shape index (κ2) is 18.9. The molecule has 10 nitrogen and oxygen atoms in total. The summed E-state index contributed by atoms with van der Waals surface area (Å²) in [6.45, 7) is 3.51. The molecule has 2 rings (SSSR count). The van der Waals surface area contributed by atoms with Crippen LogP contribution in [0.1, 0.15) is 110 Å². The summed E-state index contributed by atoms with van der Waals surface area (Å²) in [5, 5.41) is 49.2. The number of aliphatic hydroxyl groups excluding tert-OH is 5. The van der Waals surface area contributed by atoms with Crippen LogP contribution < -0.4 is 0 Å². The predicted molar refractivity (Wildman–Crippen MR) is 155 cm³/mol. The SMILES string of the molecule is C[C@@H](CCCCCCCCCCCCCCCCO[C@@H]1OC(CO)[C@@H](O)C(O)C1O)/C(O)=C1\C(=O)[C@H](C)N(C)C1=O. The Labute approximate surface area is 245 Å². The Bertz CT molecular complexity index is 795. The van der Waals surface area contributed by atoms with E-state index >= 15 is 0 Å². The van der Waals surface area contributed by atoms with Gasteiger partial charge in [0.1, 0.15) is 35.7 Å². The lowest BCUT2D eigenvalue weighted by molar-refractivity contribution is -0.301. The summed E-state index contributed by atoms with van der Waals surface area (Å²) in [5.41, 5.74) is -0.0211. The molecule has 2 saturated heterocycles. The third-order valence-electron chi connectivity index (χ3n) is 8.63. The van der Waals surface area contributed by atoms with Crippen molar-refractivity contribution in [3.05, 3.63) is 11.3 Å². The van der Waals surface area contributed by atoms with Gasteiger partial charge in [0.15, 0.2) is 12.1 Å². The lowest BCUT2D eigenvalue weighted by atomic mass is 9.95. The van der Waals surface area contributed by atoms with E-state index in [0.717, 1.165) is 38.5 Å². The van der Waals surface area contributed by atoms with Crippen LogP contribution in [0.4, 0.5) is 0 Å². The first-order chi connectivity index (χ1) is 19.6. The quantitative estimate of drug-likeness (QED) is 0.0624. The lowest BCUT2D eigenvalue weighted by Crippen LogP contribution is -2.59. The van der Waals surface area contributed by atoms with Crippen molar-refractivity contribution >= 4 is 11.7 Å². The average Bonchev–Trinajstić information content (AvgIpc) is 3.15. The van der Waals surface area contributed by atoms with Crippen LogP contribution in [-0.2, 0) is 19.1 Å². The first-order valence-corrected chi connectivity index (χ1v) is 15.8. The highest BCUT2D eigenvalue weighted by Crippen LogP contribution is 2.27. The van der Waals surface area contributed by atoms with Crippen molar-refractivity contribution in [2.75, 3.05) is 20.3 Å². The smallest absolute Gasteiger partial charge is 0.261 e. The molecule has 0 bridgehead atoms. The lowest BCUT2D eigenvalue weighted by Gasteiger charge is -2.39. The molecular weight excluding hydrogens is 530 g/mol. The van der Waals surface area contributed by atoms with Gasteiger partial charge in [-0.1, -0.05) is 90.4 Å². The minimum atomic E-state index is -1.40. The number of nitrogens with zero attached hydrogens (tertiary/aromatic N) is 1. The summed E-state index contributed by atoms with van der Waals surface area (Å²) in [6.07, 6.45) is 10.8. The van der Waals surface area contributed by atoms with Gasteiger partial charge < -0.3 is 39.9 Å². The first-order valence-electron chi connectivity index (χ1n) is 15.8. The molecule has 2 aliphatic rings. The van der Waals surface area contributed by atoms with Gasteiger partial charge in [-0.2, -0.15) is 0 Å². The largest absolute Gasteiger partial charge is 0.511 e. The Balaban J connectivity index is 1.37. The molecular formula is C31H55NO9. The van der Waals surface area contributed by atoms with Crippen molar-refractivity contribution < 1.29 is 44.6 Å². The van der Waals surface area contributed by atoms with Gasteiger partial charge in [-0.15, -0.1) is 0 Å². The molecule has 0 radical (unpaired) electrons. The Kier molecular flexibility index (Phi) is 16.4. The van der Waals surface area contributed by atoms with Gasteiger partial charge in [-0.25, -0.2) is 0 Å². The fraction of sp³-hybridized carbons (Fsp3) is 0.871. The molecule has 2 aliphatic heterocycles. The van der Waals surface area contributed by atoms with Gasteiger partial charge in [0.2, 0.25) is 0 Å². The Morgan fingerprint density at radius 3 is 1.78 bits per heavy atom. The fourth-order valence-electron chi connectivity index (χ4n) is 5.54. The number of carbonyl (C=O) groups excluding carboxylic acids is 2. The average molecular weight is 586 g/mol. The van der Waals surface area contributed by atoms with Gasteiger partial charge >= 0.3 is 0 Å². The van der Waals surface area contributed by atoms with E-state index in [9.17, 15) is 35.1 Å². The van der Waals surface area contributed by atoms with Crippen LogP contribution in [0.2, 0.25) is 0 Å². The number of hydrogen-bond acceptors (Lipinski definition) is 9. The minimum Gasteiger partial charge on any atom is -0.511 e. The maximum atomic E-state index is 12.3. The normalized spacial score (nSPS) is 28.9. The number of ketones is 1. The molecule has 0 aromatic rings. The van der Waals surface area contributed by atoms with Crippen molar-refractivity contribution in [2.45, 2.75) is 147 Å². The number of amides is 1. The molecule has 5 N–H and O–H groups in total. The highest BCUT2D eigenvalue weighted by atomic mass is 16.7. The Morgan fingerprint density at radius 1 is 0.829 bits per heavy atom.